The number of nitrogens with one attached hydrogen (secondary N) is 2. The van der Waals surface area contributed by atoms with Gasteiger partial charge in [-0.3, -0.25) is 0 Å². The first kappa shape index (κ1) is 23.1. The van der Waals surface area contributed by atoms with Crippen LogP contribution in [0.3, 0.4) is 0 Å². The second-order valence-corrected chi connectivity index (χ2v) is 9.45. The smallest absolute Gasteiger partial charge is 0.151 e. The van der Waals surface area contributed by atoms with Gasteiger partial charge in [0.2, 0.25) is 0 Å². The van der Waals surface area contributed by atoms with E-state index >= 15 is 4.39 Å². The molecule has 4 atom stereocenters. The molecule has 7 nitrogen and oxygen atoms in total. The summed E-state index contributed by atoms with van der Waals surface area (Å²) in [5, 5.41) is 22.3. The number of aromatic amines is 1. The SMILES string of the molecule is OCCCc1ccc(-c2ccc(-c3nc4cc(NC5CO[C@@H]6C(O)CO[C@H]56)[nH]c4cc3F)cc2)cc1. The van der Waals surface area contributed by atoms with E-state index in [0.29, 0.717) is 34.7 Å². The number of halogens is 1. The summed E-state index contributed by atoms with van der Waals surface area (Å²) in [6.45, 7) is 0.883. The summed E-state index contributed by atoms with van der Waals surface area (Å²) in [7, 11) is 0. The minimum atomic E-state index is -0.606. The van der Waals surface area contributed by atoms with E-state index in [1.54, 1.807) is 0 Å². The van der Waals surface area contributed by atoms with Gasteiger partial charge in [-0.25, -0.2) is 9.37 Å². The molecule has 4 heterocycles. The number of fused-ring (bicyclic) bond motifs is 2. The molecule has 186 valence electrons. The van der Waals surface area contributed by atoms with Crippen molar-refractivity contribution in [3.05, 3.63) is 72.0 Å². The molecule has 0 bridgehead atoms. The predicted molar refractivity (Wildman–Crippen MR) is 135 cm³/mol. The van der Waals surface area contributed by atoms with Gasteiger partial charge in [-0.05, 0) is 29.5 Å². The van der Waals surface area contributed by atoms with E-state index in [-0.39, 0.29) is 31.5 Å². The average molecular weight is 490 g/mol. The van der Waals surface area contributed by atoms with Gasteiger partial charge < -0.3 is 30.0 Å². The number of hydrogen-bond acceptors (Lipinski definition) is 6. The lowest BCUT2D eigenvalue weighted by molar-refractivity contribution is 0.0184. The molecule has 0 radical (unpaired) electrons. The van der Waals surface area contributed by atoms with Crippen LogP contribution in [0.1, 0.15) is 12.0 Å². The normalized spacial score (nSPS) is 23.3. The number of aliphatic hydroxyl groups excluding tert-OH is 2. The maximum atomic E-state index is 15.0. The van der Waals surface area contributed by atoms with Gasteiger partial charge in [0.1, 0.15) is 29.8 Å². The van der Waals surface area contributed by atoms with Crippen molar-refractivity contribution in [2.45, 2.75) is 37.2 Å². The minimum Gasteiger partial charge on any atom is -0.396 e. The number of nitrogens with zero attached hydrogens (tertiary/aromatic N) is 1. The average Bonchev–Trinajstić information content (AvgIpc) is 3.59. The topological polar surface area (TPSA) is 99.6 Å². The monoisotopic (exact) mass is 489 g/mol. The summed E-state index contributed by atoms with van der Waals surface area (Å²) in [5.74, 6) is 0.300. The van der Waals surface area contributed by atoms with Gasteiger partial charge in [-0.2, -0.15) is 0 Å². The Balaban J connectivity index is 1.20. The van der Waals surface area contributed by atoms with E-state index < -0.39 is 11.9 Å². The Labute approximate surface area is 207 Å². The molecule has 0 spiro atoms. The molecule has 2 aromatic carbocycles. The largest absolute Gasteiger partial charge is 0.396 e. The second kappa shape index (κ2) is 9.63. The number of aryl methyl sites for hydroxylation is 1. The van der Waals surface area contributed by atoms with Crippen LogP contribution in [-0.4, -0.2) is 64.4 Å². The van der Waals surface area contributed by atoms with Crippen molar-refractivity contribution in [1.82, 2.24) is 9.97 Å². The first-order valence-corrected chi connectivity index (χ1v) is 12.3. The van der Waals surface area contributed by atoms with Gasteiger partial charge in [0.25, 0.3) is 0 Å². The molecule has 8 heteroatoms. The number of rotatable bonds is 7. The molecule has 4 N–H and O–H groups in total. The highest BCUT2D eigenvalue weighted by Gasteiger charge is 2.47. The Morgan fingerprint density at radius 3 is 2.39 bits per heavy atom. The fourth-order valence-corrected chi connectivity index (χ4v) is 5.08. The van der Waals surface area contributed by atoms with Gasteiger partial charge in [0, 0.05) is 24.3 Å². The lowest BCUT2D eigenvalue weighted by atomic mass is 10.00. The number of hydrogen-bond donors (Lipinski definition) is 4. The third kappa shape index (κ3) is 4.37. The fraction of sp³-hybridized carbons (Fsp3) is 0.321. The molecule has 4 aromatic rings. The maximum absolute atomic E-state index is 15.0. The van der Waals surface area contributed by atoms with Gasteiger partial charge in [-0.15, -0.1) is 0 Å². The molecule has 2 aromatic heterocycles. The molecule has 2 aliphatic heterocycles. The lowest BCUT2D eigenvalue weighted by Gasteiger charge is -2.17. The highest BCUT2D eigenvalue weighted by Crippen LogP contribution is 2.31. The van der Waals surface area contributed by atoms with E-state index in [0.717, 1.165) is 24.0 Å². The number of anilines is 1. The number of benzene rings is 2. The zero-order valence-corrected chi connectivity index (χ0v) is 19.7. The molecule has 36 heavy (non-hydrogen) atoms. The molecule has 2 aliphatic rings. The predicted octanol–water partition coefficient (Wildman–Crippen LogP) is 3.90. The second-order valence-electron chi connectivity index (χ2n) is 9.45. The van der Waals surface area contributed by atoms with E-state index in [9.17, 15) is 5.11 Å². The van der Waals surface area contributed by atoms with Crippen LogP contribution in [0.5, 0.6) is 0 Å². The van der Waals surface area contributed by atoms with Crippen LogP contribution < -0.4 is 5.32 Å². The summed E-state index contributed by atoms with van der Waals surface area (Å²) in [4.78, 5) is 7.77. The van der Waals surface area contributed by atoms with Crippen molar-refractivity contribution in [3.63, 3.8) is 0 Å². The molecule has 2 unspecified atom stereocenters. The molecular weight excluding hydrogens is 461 g/mol. The van der Waals surface area contributed by atoms with Gasteiger partial charge in [0.05, 0.1) is 30.3 Å². The Morgan fingerprint density at radius 2 is 1.64 bits per heavy atom. The van der Waals surface area contributed by atoms with Crippen molar-refractivity contribution >= 4 is 16.9 Å². The number of ether oxygens (including phenoxy) is 2. The van der Waals surface area contributed by atoms with E-state index in [1.807, 2.05) is 30.3 Å². The van der Waals surface area contributed by atoms with E-state index in [1.165, 1.54) is 11.6 Å². The van der Waals surface area contributed by atoms with Gasteiger partial charge in [0.15, 0.2) is 5.82 Å². The Kier molecular flexibility index (Phi) is 6.18. The third-order valence-electron chi connectivity index (χ3n) is 6.99. The van der Waals surface area contributed by atoms with Crippen LogP contribution in [0, 0.1) is 5.82 Å². The Hall–Kier alpha value is -3.30. The van der Waals surface area contributed by atoms with Gasteiger partial charge in [-0.1, -0.05) is 48.5 Å². The number of H-pyrrole nitrogens is 1. The first-order valence-electron chi connectivity index (χ1n) is 12.3. The number of aromatic nitrogens is 2. The Morgan fingerprint density at radius 1 is 0.944 bits per heavy atom. The van der Waals surface area contributed by atoms with Crippen molar-refractivity contribution < 1.29 is 24.1 Å². The summed E-state index contributed by atoms with van der Waals surface area (Å²) in [5.41, 5.74) is 5.56. The molecule has 0 saturated carbocycles. The summed E-state index contributed by atoms with van der Waals surface area (Å²) >= 11 is 0. The van der Waals surface area contributed by atoms with Crippen LogP contribution in [0.4, 0.5) is 10.2 Å². The van der Waals surface area contributed by atoms with Crippen molar-refractivity contribution in [2.75, 3.05) is 25.1 Å². The van der Waals surface area contributed by atoms with E-state index in [2.05, 4.69) is 39.6 Å². The summed E-state index contributed by atoms with van der Waals surface area (Å²) in [6, 6.07) is 19.2. The zero-order chi connectivity index (χ0) is 24.6. The zero-order valence-electron chi connectivity index (χ0n) is 19.7. The van der Waals surface area contributed by atoms with Crippen LogP contribution in [0.15, 0.2) is 60.7 Å². The van der Waals surface area contributed by atoms with Crippen molar-refractivity contribution in [2.24, 2.45) is 0 Å². The van der Waals surface area contributed by atoms with Crippen LogP contribution >= 0.6 is 0 Å². The van der Waals surface area contributed by atoms with Crippen LogP contribution in [-0.2, 0) is 15.9 Å². The fourth-order valence-electron chi connectivity index (χ4n) is 5.08. The lowest BCUT2D eigenvalue weighted by Crippen LogP contribution is -2.36. The minimum absolute atomic E-state index is 0.110. The molecule has 0 aliphatic carbocycles. The van der Waals surface area contributed by atoms with Crippen molar-refractivity contribution in [3.8, 4) is 22.4 Å². The highest BCUT2D eigenvalue weighted by molar-refractivity contribution is 5.83. The standard InChI is InChI=1S/C28H28FN3O4/c29-20-12-21-22(13-25(30-21)31-23-14-35-28-24(34)15-36-27(23)28)32-26(20)19-9-7-18(8-10-19)17-5-3-16(4-6-17)2-1-11-33/h3-10,12-13,23-24,27-28,30-31,33-34H,1-2,11,14-15H2/t23?,24?,27-,28-/m1/s1. The van der Waals surface area contributed by atoms with E-state index in [4.69, 9.17) is 14.6 Å². The van der Waals surface area contributed by atoms with Gasteiger partial charge >= 0.3 is 0 Å². The quantitative estimate of drug-likeness (QED) is 0.314. The van der Waals surface area contributed by atoms with Crippen molar-refractivity contribution in [1.29, 1.82) is 0 Å². The number of pyridine rings is 1. The third-order valence-corrected chi connectivity index (χ3v) is 6.99. The maximum Gasteiger partial charge on any atom is 0.151 e. The summed E-state index contributed by atoms with van der Waals surface area (Å²) in [6.07, 6.45) is 0.462. The molecule has 6 rings (SSSR count). The highest BCUT2D eigenvalue weighted by atomic mass is 19.1. The molecule has 0 amide bonds. The Bertz CT molecular complexity index is 1360. The number of aliphatic hydroxyl groups is 2. The molecule has 2 saturated heterocycles. The van der Waals surface area contributed by atoms with Crippen LogP contribution in [0.2, 0.25) is 0 Å². The molecule has 2 fully saturated rings. The van der Waals surface area contributed by atoms with Crippen LogP contribution in [0.25, 0.3) is 33.4 Å². The first-order chi connectivity index (χ1) is 17.6. The molecular formula is C28H28FN3O4. The summed E-state index contributed by atoms with van der Waals surface area (Å²) < 4.78 is 26.4.